The van der Waals surface area contributed by atoms with Gasteiger partial charge < -0.3 is 15.2 Å². The number of para-hydroxylation sites is 1. The second kappa shape index (κ2) is 6.10. The van der Waals surface area contributed by atoms with Crippen LogP contribution in [-0.4, -0.2) is 59.1 Å². The third-order valence-electron chi connectivity index (χ3n) is 6.58. The molecule has 4 aliphatic heterocycles. The van der Waals surface area contributed by atoms with Crippen molar-refractivity contribution in [3.8, 4) is 0 Å². The summed E-state index contributed by atoms with van der Waals surface area (Å²) in [5, 5.41) is 16.4. The van der Waals surface area contributed by atoms with Crippen LogP contribution in [0.5, 0.6) is 0 Å². The summed E-state index contributed by atoms with van der Waals surface area (Å²) in [6.45, 7) is 2.41. The third kappa shape index (κ3) is 2.19. The molecule has 1 aromatic carbocycles. The highest BCUT2D eigenvalue weighted by Crippen LogP contribution is 2.53. The normalized spacial score (nSPS) is 37.5. The van der Waals surface area contributed by atoms with Gasteiger partial charge in [-0.25, -0.2) is 0 Å². The quantitative estimate of drug-likeness (QED) is 0.631. The first-order chi connectivity index (χ1) is 13.4. The van der Waals surface area contributed by atoms with E-state index in [1.165, 1.54) is 4.90 Å². The number of hydrogen-bond acceptors (Lipinski definition) is 6. The fourth-order valence-electron chi connectivity index (χ4n) is 5.33. The van der Waals surface area contributed by atoms with E-state index in [0.717, 1.165) is 12.8 Å². The lowest BCUT2D eigenvalue weighted by Gasteiger charge is -2.30. The van der Waals surface area contributed by atoms with E-state index in [0.29, 0.717) is 17.9 Å². The van der Waals surface area contributed by atoms with Crippen LogP contribution < -0.4 is 10.6 Å². The predicted molar refractivity (Wildman–Crippen MR) is 98.0 cm³/mol. The van der Waals surface area contributed by atoms with Crippen LogP contribution in [0, 0.1) is 11.8 Å². The number of rotatable bonds is 3. The Morgan fingerprint density at radius 3 is 2.79 bits per heavy atom. The molecule has 6 atom stereocenters. The van der Waals surface area contributed by atoms with Crippen LogP contribution in [-0.2, 0) is 24.7 Å². The molecule has 4 aliphatic rings. The summed E-state index contributed by atoms with van der Waals surface area (Å²) < 4.78 is 5.61. The molecule has 148 valence electrons. The molecular formula is C20H23N3O5. The molecule has 0 aromatic heterocycles. The van der Waals surface area contributed by atoms with Crippen molar-refractivity contribution >= 4 is 23.4 Å². The van der Waals surface area contributed by atoms with Crippen molar-refractivity contribution in [2.75, 3.05) is 18.5 Å². The van der Waals surface area contributed by atoms with Gasteiger partial charge in [-0.2, -0.15) is 0 Å². The third-order valence-corrected chi connectivity index (χ3v) is 6.58. The number of carbonyl (C=O) groups excluding carboxylic acids is 3. The van der Waals surface area contributed by atoms with E-state index in [9.17, 15) is 19.5 Å². The van der Waals surface area contributed by atoms with Gasteiger partial charge in [-0.05, 0) is 25.8 Å². The Morgan fingerprint density at radius 2 is 2.07 bits per heavy atom. The van der Waals surface area contributed by atoms with Crippen molar-refractivity contribution in [1.82, 2.24) is 10.2 Å². The van der Waals surface area contributed by atoms with Gasteiger partial charge in [0.25, 0.3) is 0 Å². The number of benzene rings is 1. The monoisotopic (exact) mass is 385 g/mol. The van der Waals surface area contributed by atoms with Crippen molar-refractivity contribution in [3.05, 3.63) is 29.8 Å². The van der Waals surface area contributed by atoms with Gasteiger partial charge in [-0.3, -0.25) is 24.6 Å². The van der Waals surface area contributed by atoms with Gasteiger partial charge in [-0.15, -0.1) is 0 Å². The summed E-state index contributed by atoms with van der Waals surface area (Å²) >= 11 is 0. The van der Waals surface area contributed by atoms with Crippen LogP contribution in [0.15, 0.2) is 24.3 Å². The fraction of sp³-hybridized carbons (Fsp3) is 0.550. The van der Waals surface area contributed by atoms with E-state index in [-0.39, 0.29) is 30.4 Å². The average molecular weight is 385 g/mol. The zero-order chi connectivity index (χ0) is 19.6. The summed E-state index contributed by atoms with van der Waals surface area (Å²) in [6, 6.07) is 6.50. The number of hydrogen-bond donors (Lipinski definition) is 3. The van der Waals surface area contributed by atoms with E-state index in [2.05, 4.69) is 10.6 Å². The van der Waals surface area contributed by atoms with Crippen molar-refractivity contribution in [2.45, 2.75) is 43.6 Å². The first kappa shape index (κ1) is 17.8. The van der Waals surface area contributed by atoms with Gasteiger partial charge in [0.2, 0.25) is 17.7 Å². The highest BCUT2D eigenvalue weighted by molar-refractivity contribution is 6.15. The highest BCUT2D eigenvalue weighted by Gasteiger charge is 2.71. The molecule has 0 unspecified atom stereocenters. The van der Waals surface area contributed by atoms with Gasteiger partial charge in [0, 0.05) is 23.9 Å². The Hall–Kier alpha value is -2.29. The number of aliphatic hydroxyl groups excluding tert-OH is 1. The molecule has 0 radical (unpaired) electrons. The molecular weight excluding hydrogens is 362 g/mol. The largest absolute Gasteiger partial charge is 0.392 e. The van der Waals surface area contributed by atoms with E-state index in [4.69, 9.17) is 4.74 Å². The van der Waals surface area contributed by atoms with Crippen molar-refractivity contribution in [1.29, 1.82) is 0 Å². The minimum absolute atomic E-state index is 0.162. The van der Waals surface area contributed by atoms with Crippen LogP contribution in [0.25, 0.3) is 0 Å². The van der Waals surface area contributed by atoms with Crippen LogP contribution in [0.4, 0.5) is 5.69 Å². The zero-order valence-corrected chi connectivity index (χ0v) is 15.6. The Bertz CT molecular complexity index is 865. The standard InChI is InChI=1S/C20H23N3O5/c1-10(24)16-14-15(18(26)23(17(14)25)9-11-5-4-8-28-11)20(22-16)12-6-2-3-7-13(12)21-19(20)27/h2-3,6-7,10-11,14-16,22,24H,4-5,8-9H2,1H3,(H,21,27)/t10-,11+,14-,15-,16+,20-/m1/s1. The number of carbonyl (C=O) groups is 3. The summed E-state index contributed by atoms with van der Waals surface area (Å²) in [7, 11) is 0. The maximum atomic E-state index is 13.4. The van der Waals surface area contributed by atoms with Crippen LogP contribution >= 0.6 is 0 Å². The number of fused-ring (bicyclic) bond motifs is 4. The van der Waals surface area contributed by atoms with Crippen molar-refractivity contribution in [3.63, 3.8) is 0 Å². The second-order valence-electron chi connectivity index (χ2n) is 8.14. The Labute approximate surface area is 162 Å². The van der Waals surface area contributed by atoms with Crippen LogP contribution in [0.1, 0.15) is 25.3 Å². The SMILES string of the molecule is C[C@@H](O)[C@@H]1N[C@@]2(C(=O)Nc3ccccc32)[C@H]2C(=O)N(C[C@@H]3CCCO3)C(=O)[C@@H]12. The number of anilines is 1. The van der Waals surface area contributed by atoms with Crippen LogP contribution in [0.3, 0.4) is 0 Å². The number of amides is 3. The lowest BCUT2D eigenvalue weighted by atomic mass is 9.76. The number of nitrogens with one attached hydrogen (secondary N) is 2. The number of aliphatic hydroxyl groups is 1. The highest BCUT2D eigenvalue weighted by atomic mass is 16.5. The molecule has 28 heavy (non-hydrogen) atoms. The lowest BCUT2D eigenvalue weighted by Crippen LogP contribution is -2.55. The van der Waals surface area contributed by atoms with Gasteiger partial charge in [0.15, 0.2) is 0 Å². The van der Waals surface area contributed by atoms with Gasteiger partial charge in [0.1, 0.15) is 5.54 Å². The zero-order valence-electron chi connectivity index (χ0n) is 15.6. The number of likely N-dealkylation sites (tertiary alicyclic amines) is 1. The topological polar surface area (TPSA) is 108 Å². The van der Waals surface area contributed by atoms with Crippen molar-refractivity contribution in [2.24, 2.45) is 11.8 Å². The molecule has 3 amide bonds. The maximum absolute atomic E-state index is 13.4. The Balaban J connectivity index is 1.59. The molecule has 1 spiro atoms. The van der Waals surface area contributed by atoms with Gasteiger partial charge in [-0.1, -0.05) is 18.2 Å². The van der Waals surface area contributed by atoms with Crippen LogP contribution in [0.2, 0.25) is 0 Å². The van der Waals surface area contributed by atoms with E-state index < -0.39 is 29.5 Å². The minimum atomic E-state index is -1.35. The Morgan fingerprint density at radius 1 is 1.29 bits per heavy atom. The summed E-state index contributed by atoms with van der Waals surface area (Å²) in [5.41, 5.74) is -0.0675. The van der Waals surface area contributed by atoms with E-state index in [1.54, 1.807) is 25.1 Å². The number of ether oxygens (including phenoxy) is 1. The van der Waals surface area contributed by atoms with Crippen molar-refractivity contribution < 1.29 is 24.2 Å². The molecule has 1 aromatic rings. The molecule has 0 bridgehead atoms. The second-order valence-corrected chi connectivity index (χ2v) is 8.14. The maximum Gasteiger partial charge on any atom is 0.250 e. The summed E-state index contributed by atoms with van der Waals surface area (Å²) in [5.74, 6) is -2.73. The van der Waals surface area contributed by atoms with E-state index in [1.807, 2.05) is 6.07 Å². The fourth-order valence-corrected chi connectivity index (χ4v) is 5.33. The molecule has 4 heterocycles. The van der Waals surface area contributed by atoms with E-state index >= 15 is 0 Å². The molecule has 3 saturated heterocycles. The van der Waals surface area contributed by atoms with Gasteiger partial charge >= 0.3 is 0 Å². The predicted octanol–water partition coefficient (Wildman–Crippen LogP) is -0.0332. The molecule has 5 rings (SSSR count). The number of imide groups is 1. The molecule has 8 heteroatoms. The smallest absolute Gasteiger partial charge is 0.250 e. The summed E-state index contributed by atoms with van der Waals surface area (Å²) in [6.07, 6.45) is 0.654. The first-order valence-electron chi connectivity index (χ1n) is 9.78. The van der Waals surface area contributed by atoms with Gasteiger partial charge in [0.05, 0.1) is 30.6 Å². The first-order valence-corrected chi connectivity index (χ1v) is 9.78. The average Bonchev–Trinajstić information content (AvgIpc) is 3.41. The molecule has 8 nitrogen and oxygen atoms in total. The lowest BCUT2D eigenvalue weighted by molar-refractivity contribution is -0.144. The summed E-state index contributed by atoms with van der Waals surface area (Å²) in [4.78, 5) is 41.0. The molecule has 0 aliphatic carbocycles. The minimum Gasteiger partial charge on any atom is -0.392 e. The molecule has 3 N–H and O–H groups in total. The number of nitrogens with zero attached hydrogens (tertiary/aromatic N) is 1. The molecule has 0 saturated carbocycles. The molecule has 3 fully saturated rings. The Kier molecular flexibility index (Phi) is 3.88.